The third-order valence-electron chi connectivity index (χ3n) is 7.86. The Labute approximate surface area is 204 Å². The fraction of sp³-hybridized carbons (Fsp3) is 0.419. The van der Waals surface area contributed by atoms with E-state index >= 15 is 0 Å². The molecule has 3 nitrogen and oxygen atoms in total. The van der Waals surface area contributed by atoms with Crippen molar-refractivity contribution >= 4 is 0 Å². The molecule has 0 bridgehead atoms. The average Bonchev–Trinajstić information content (AvgIpc) is 3.52. The second kappa shape index (κ2) is 9.56. The molecule has 3 aromatic rings. The zero-order valence-electron chi connectivity index (χ0n) is 20.7. The Hall–Kier alpha value is -2.62. The number of hydrogen-bond acceptors (Lipinski definition) is 3. The van der Waals surface area contributed by atoms with E-state index in [-0.39, 0.29) is 12.2 Å². The molecule has 0 aromatic heterocycles. The predicted octanol–water partition coefficient (Wildman–Crippen LogP) is 6.94. The van der Waals surface area contributed by atoms with Gasteiger partial charge in [0.15, 0.2) is 0 Å². The van der Waals surface area contributed by atoms with E-state index in [0.717, 1.165) is 34.8 Å². The number of hydrogen-bond donors (Lipinski definition) is 0. The van der Waals surface area contributed by atoms with Crippen LogP contribution in [-0.4, -0.2) is 25.9 Å². The molecule has 1 aliphatic carbocycles. The monoisotopic (exact) mass is 456 g/mol. The molecule has 1 saturated carbocycles. The molecule has 6 atom stereocenters. The van der Waals surface area contributed by atoms with E-state index in [4.69, 9.17) is 14.2 Å². The molecule has 34 heavy (non-hydrogen) atoms. The van der Waals surface area contributed by atoms with Gasteiger partial charge in [-0.25, -0.2) is 0 Å². The van der Waals surface area contributed by atoms with Gasteiger partial charge in [0.1, 0.15) is 11.4 Å². The fourth-order valence-electron chi connectivity index (χ4n) is 5.43. The summed E-state index contributed by atoms with van der Waals surface area (Å²) in [5.74, 6) is 2.86. The molecular formula is C31H36O3. The van der Waals surface area contributed by atoms with Crippen LogP contribution in [0, 0.1) is 11.8 Å². The van der Waals surface area contributed by atoms with E-state index < -0.39 is 5.60 Å². The first-order valence-corrected chi connectivity index (χ1v) is 12.6. The summed E-state index contributed by atoms with van der Waals surface area (Å²) >= 11 is 0. The SMILES string of the molecule is COc1ccc(C(OCC2C[C@H](C)[C@H](C)O2)(c2ccccc2)c2ccc(C3CC3C)cc2)cc1. The van der Waals surface area contributed by atoms with Crippen molar-refractivity contribution in [1.29, 1.82) is 0 Å². The molecular weight excluding hydrogens is 420 g/mol. The van der Waals surface area contributed by atoms with Gasteiger partial charge in [-0.15, -0.1) is 0 Å². The van der Waals surface area contributed by atoms with Crippen molar-refractivity contribution < 1.29 is 14.2 Å². The highest BCUT2D eigenvalue weighted by Gasteiger charge is 2.40. The molecule has 0 radical (unpaired) electrons. The van der Waals surface area contributed by atoms with Gasteiger partial charge in [-0.2, -0.15) is 0 Å². The fourth-order valence-corrected chi connectivity index (χ4v) is 5.43. The van der Waals surface area contributed by atoms with Crippen molar-refractivity contribution in [2.24, 2.45) is 11.8 Å². The number of methoxy groups -OCH3 is 1. The minimum atomic E-state index is -0.736. The molecule has 0 spiro atoms. The molecule has 178 valence electrons. The number of ether oxygens (including phenoxy) is 3. The lowest BCUT2D eigenvalue weighted by molar-refractivity contribution is -0.0596. The molecule has 1 aliphatic heterocycles. The normalized spacial score (nSPS) is 27.8. The Morgan fingerprint density at radius 3 is 1.88 bits per heavy atom. The Kier molecular flexibility index (Phi) is 6.50. The third-order valence-corrected chi connectivity index (χ3v) is 7.86. The summed E-state index contributed by atoms with van der Waals surface area (Å²) in [4.78, 5) is 0. The average molecular weight is 457 g/mol. The Morgan fingerprint density at radius 1 is 0.765 bits per heavy atom. The van der Waals surface area contributed by atoms with E-state index in [9.17, 15) is 0 Å². The Bertz CT molecular complexity index is 1070. The van der Waals surface area contributed by atoms with E-state index in [2.05, 4.69) is 87.5 Å². The van der Waals surface area contributed by atoms with Crippen molar-refractivity contribution in [3.05, 3.63) is 101 Å². The Morgan fingerprint density at radius 2 is 1.35 bits per heavy atom. The van der Waals surface area contributed by atoms with E-state index in [1.807, 2.05) is 12.1 Å². The van der Waals surface area contributed by atoms with E-state index in [1.54, 1.807) is 7.11 Å². The minimum Gasteiger partial charge on any atom is -0.497 e. The standard InChI is InChI=1S/C31H36O3/c1-21-18-29(34-23(21)3)20-33-31(25-8-6-5-7-9-25,27-14-16-28(32-4)17-15-27)26-12-10-24(11-13-26)30-19-22(30)2/h5-17,21-23,29-30H,18-20H2,1-4H3/t21-,22?,23-,29?,30?,31?/m0/s1. The lowest BCUT2D eigenvalue weighted by atomic mass is 9.79. The van der Waals surface area contributed by atoms with Gasteiger partial charge in [-0.1, -0.05) is 80.6 Å². The van der Waals surface area contributed by atoms with Crippen LogP contribution in [0.3, 0.4) is 0 Å². The van der Waals surface area contributed by atoms with Crippen molar-refractivity contribution in [2.45, 2.75) is 57.3 Å². The van der Waals surface area contributed by atoms with Crippen molar-refractivity contribution in [2.75, 3.05) is 13.7 Å². The smallest absolute Gasteiger partial charge is 0.143 e. The van der Waals surface area contributed by atoms with E-state index in [0.29, 0.717) is 18.4 Å². The van der Waals surface area contributed by atoms with Crippen LogP contribution in [-0.2, 0) is 15.1 Å². The van der Waals surface area contributed by atoms with Crippen LogP contribution in [0.5, 0.6) is 5.75 Å². The van der Waals surface area contributed by atoms with Gasteiger partial charge in [0.25, 0.3) is 0 Å². The first kappa shape index (κ1) is 23.1. The van der Waals surface area contributed by atoms with Crippen molar-refractivity contribution in [3.8, 4) is 5.75 Å². The van der Waals surface area contributed by atoms with Gasteiger partial charge in [-0.3, -0.25) is 0 Å². The molecule has 2 aliphatic rings. The summed E-state index contributed by atoms with van der Waals surface area (Å²) in [6.07, 6.45) is 2.67. The molecule has 0 N–H and O–H groups in total. The zero-order valence-corrected chi connectivity index (χ0v) is 20.7. The molecule has 2 fully saturated rings. The van der Waals surface area contributed by atoms with Gasteiger partial charge < -0.3 is 14.2 Å². The second-order valence-electron chi connectivity index (χ2n) is 10.2. The first-order chi connectivity index (χ1) is 16.5. The molecule has 1 heterocycles. The molecule has 1 saturated heterocycles. The quantitative estimate of drug-likeness (QED) is 0.344. The summed E-state index contributed by atoms with van der Waals surface area (Å²) in [5.41, 5.74) is 4.03. The van der Waals surface area contributed by atoms with Gasteiger partial charge in [0.2, 0.25) is 0 Å². The lowest BCUT2D eigenvalue weighted by Gasteiger charge is -2.37. The third kappa shape index (κ3) is 4.39. The van der Waals surface area contributed by atoms with Gasteiger partial charge in [-0.05, 0) is 71.9 Å². The minimum absolute atomic E-state index is 0.0953. The van der Waals surface area contributed by atoms with Crippen LogP contribution in [0.2, 0.25) is 0 Å². The van der Waals surface area contributed by atoms with Crippen molar-refractivity contribution in [1.82, 2.24) is 0 Å². The first-order valence-electron chi connectivity index (χ1n) is 12.6. The maximum atomic E-state index is 7.01. The Balaban J connectivity index is 1.59. The molecule has 0 amide bonds. The lowest BCUT2D eigenvalue weighted by Crippen LogP contribution is -2.35. The molecule has 4 unspecified atom stereocenters. The summed E-state index contributed by atoms with van der Waals surface area (Å²) in [6, 6.07) is 28.0. The van der Waals surface area contributed by atoms with Crippen LogP contribution in [0.15, 0.2) is 78.9 Å². The molecule has 3 heteroatoms. The van der Waals surface area contributed by atoms with Crippen LogP contribution in [0.4, 0.5) is 0 Å². The van der Waals surface area contributed by atoms with E-state index in [1.165, 1.54) is 12.0 Å². The maximum absolute atomic E-state index is 7.01. The van der Waals surface area contributed by atoms with Crippen molar-refractivity contribution in [3.63, 3.8) is 0 Å². The maximum Gasteiger partial charge on any atom is 0.143 e. The van der Waals surface area contributed by atoms with Crippen LogP contribution in [0.1, 0.15) is 61.8 Å². The number of rotatable bonds is 8. The topological polar surface area (TPSA) is 27.7 Å². The highest BCUT2D eigenvalue weighted by Crippen LogP contribution is 2.48. The largest absolute Gasteiger partial charge is 0.497 e. The molecule has 5 rings (SSSR count). The summed E-state index contributed by atoms with van der Waals surface area (Å²) in [6.45, 7) is 7.29. The highest BCUT2D eigenvalue weighted by atomic mass is 16.6. The van der Waals surface area contributed by atoms with Gasteiger partial charge in [0.05, 0.1) is 25.9 Å². The summed E-state index contributed by atoms with van der Waals surface area (Å²) in [7, 11) is 1.70. The van der Waals surface area contributed by atoms with Gasteiger partial charge >= 0.3 is 0 Å². The highest BCUT2D eigenvalue weighted by molar-refractivity contribution is 5.49. The second-order valence-corrected chi connectivity index (χ2v) is 10.2. The van der Waals surface area contributed by atoms with Gasteiger partial charge in [0, 0.05) is 0 Å². The van der Waals surface area contributed by atoms with Crippen LogP contribution >= 0.6 is 0 Å². The number of benzene rings is 3. The predicted molar refractivity (Wildman–Crippen MR) is 136 cm³/mol. The zero-order chi connectivity index (χ0) is 23.7. The summed E-state index contributed by atoms with van der Waals surface area (Å²) < 4.78 is 18.7. The van der Waals surface area contributed by atoms with Crippen LogP contribution < -0.4 is 4.74 Å². The summed E-state index contributed by atoms with van der Waals surface area (Å²) in [5, 5.41) is 0. The van der Waals surface area contributed by atoms with Crippen LogP contribution in [0.25, 0.3) is 0 Å². The molecule has 3 aromatic carbocycles.